The van der Waals surface area contributed by atoms with Gasteiger partial charge in [-0.15, -0.1) is 0 Å². The summed E-state index contributed by atoms with van der Waals surface area (Å²) < 4.78 is 0. The van der Waals surface area contributed by atoms with Gasteiger partial charge in [0.25, 0.3) is 5.91 Å². The van der Waals surface area contributed by atoms with E-state index >= 15 is 0 Å². The van der Waals surface area contributed by atoms with Gasteiger partial charge < -0.3 is 10.2 Å². The molecule has 3 heteroatoms. The lowest BCUT2D eigenvalue weighted by Crippen LogP contribution is -2.19. The largest absolute Gasteiger partial charge is 0.372 e. The van der Waals surface area contributed by atoms with E-state index in [1.165, 1.54) is 24.0 Å². The molecule has 1 amide bonds. The van der Waals surface area contributed by atoms with Crippen molar-refractivity contribution in [3.63, 3.8) is 0 Å². The maximum Gasteiger partial charge on any atom is 0.255 e. The fourth-order valence-corrected chi connectivity index (χ4v) is 2.84. The maximum absolute atomic E-state index is 12.4. The summed E-state index contributed by atoms with van der Waals surface area (Å²) in [4.78, 5) is 14.8. The highest BCUT2D eigenvalue weighted by Crippen LogP contribution is 2.22. The lowest BCUT2D eigenvalue weighted by molar-refractivity contribution is 0.102. The van der Waals surface area contributed by atoms with E-state index in [-0.39, 0.29) is 5.91 Å². The van der Waals surface area contributed by atoms with Gasteiger partial charge in [-0.05, 0) is 68.1 Å². The van der Waals surface area contributed by atoms with Crippen molar-refractivity contribution in [3.05, 3.63) is 59.2 Å². The minimum Gasteiger partial charge on any atom is -0.372 e. The van der Waals surface area contributed by atoms with Crippen LogP contribution in [-0.2, 0) is 0 Å². The Bertz CT molecular complexity index is 688. The predicted octanol–water partition coefficient (Wildman–Crippen LogP) is 4.16. The number of hydrogen-bond acceptors (Lipinski definition) is 2. The number of nitrogens with zero attached hydrogens (tertiary/aromatic N) is 1. The number of aryl methyl sites for hydroxylation is 2. The van der Waals surface area contributed by atoms with Gasteiger partial charge in [0.05, 0.1) is 0 Å². The second-order valence-electron chi connectivity index (χ2n) is 6.00. The molecular weight excluding hydrogens is 272 g/mol. The Labute approximate surface area is 132 Å². The number of amides is 1. The number of carbonyl (C=O) groups is 1. The van der Waals surface area contributed by atoms with Gasteiger partial charge in [0.2, 0.25) is 0 Å². The van der Waals surface area contributed by atoms with E-state index in [1.54, 1.807) is 0 Å². The highest BCUT2D eigenvalue weighted by molar-refractivity contribution is 6.04. The van der Waals surface area contributed by atoms with Crippen molar-refractivity contribution < 1.29 is 4.79 Å². The molecule has 3 rings (SSSR count). The highest BCUT2D eigenvalue weighted by Gasteiger charge is 2.14. The summed E-state index contributed by atoms with van der Waals surface area (Å²) in [6.07, 6.45) is 2.47. The van der Waals surface area contributed by atoms with Gasteiger partial charge in [0.15, 0.2) is 0 Å². The molecule has 22 heavy (non-hydrogen) atoms. The molecule has 1 aliphatic rings. The fourth-order valence-electron chi connectivity index (χ4n) is 2.84. The zero-order valence-corrected chi connectivity index (χ0v) is 13.2. The molecule has 0 saturated carbocycles. The topological polar surface area (TPSA) is 32.3 Å². The van der Waals surface area contributed by atoms with Crippen molar-refractivity contribution in [3.8, 4) is 0 Å². The third-order valence-electron chi connectivity index (χ3n) is 4.34. The second kappa shape index (κ2) is 6.22. The van der Waals surface area contributed by atoms with E-state index in [2.05, 4.69) is 30.1 Å². The third kappa shape index (κ3) is 3.14. The quantitative estimate of drug-likeness (QED) is 0.922. The molecule has 1 aliphatic heterocycles. The molecule has 0 bridgehead atoms. The Morgan fingerprint density at radius 2 is 1.77 bits per heavy atom. The Morgan fingerprint density at radius 1 is 1.00 bits per heavy atom. The molecule has 0 unspecified atom stereocenters. The zero-order chi connectivity index (χ0) is 15.5. The number of rotatable bonds is 3. The van der Waals surface area contributed by atoms with Gasteiger partial charge in [0, 0.05) is 30.0 Å². The second-order valence-corrected chi connectivity index (χ2v) is 6.00. The van der Waals surface area contributed by atoms with Crippen molar-refractivity contribution in [1.29, 1.82) is 0 Å². The molecule has 0 aromatic heterocycles. The van der Waals surface area contributed by atoms with Crippen LogP contribution in [0.2, 0.25) is 0 Å². The number of carbonyl (C=O) groups excluding carboxylic acids is 1. The first-order chi connectivity index (χ1) is 10.6. The first kappa shape index (κ1) is 14.6. The van der Waals surface area contributed by atoms with Crippen LogP contribution in [0.4, 0.5) is 11.4 Å². The van der Waals surface area contributed by atoms with Crippen molar-refractivity contribution in [2.75, 3.05) is 23.3 Å². The van der Waals surface area contributed by atoms with Gasteiger partial charge in [-0.1, -0.05) is 12.1 Å². The Balaban J connectivity index is 1.76. The average molecular weight is 294 g/mol. The van der Waals surface area contributed by atoms with E-state index in [9.17, 15) is 4.79 Å². The molecular formula is C19H22N2O. The first-order valence-electron chi connectivity index (χ1n) is 7.87. The predicted molar refractivity (Wildman–Crippen MR) is 91.8 cm³/mol. The maximum atomic E-state index is 12.4. The van der Waals surface area contributed by atoms with Gasteiger partial charge in [-0.3, -0.25) is 4.79 Å². The van der Waals surface area contributed by atoms with Gasteiger partial charge >= 0.3 is 0 Å². The van der Waals surface area contributed by atoms with Crippen molar-refractivity contribution in [1.82, 2.24) is 0 Å². The summed E-state index contributed by atoms with van der Waals surface area (Å²) in [5.41, 5.74) is 5.12. The molecule has 0 aliphatic carbocycles. The van der Waals surface area contributed by atoms with E-state index in [0.717, 1.165) is 24.5 Å². The van der Waals surface area contributed by atoms with Crippen LogP contribution in [-0.4, -0.2) is 19.0 Å². The molecule has 0 spiro atoms. The van der Waals surface area contributed by atoms with Crippen LogP contribution >= 0.6 is 0 Å². The lowest BCUT2D eigenvalue weighted by atomic mass is 10.1. The number of hydrogen-bond donors (Lipinski definition) is 1. The van der Waals surface area contributed by atoms with Crippen LogP contribution in [0.1, 0.15) is 34.3 Å². The van der Waals surface area contributed by atoms with Crippen LogP contribution in [0, 0.1) is 13.8 Å². The van der Waals surface area contributed by atoms with E-state index in [4.69, 9.17) is 0 Å². The standard InChI is InChI=1S/C19H22N2O/c1-14-8-9-17(12-15(14)2)20-19(22)16-6-5-7-18(13-16)21-10-3-4-11-21/h5-9,12-13H,3-4,10-11H2,1-2H3,(H,20,22). The number of benzene rings is 2. The minimum atomic E-state index is -0.0516. The molecule has 1 saturated heterocycles. The van der Waals surface area contributed by atoms with Crippen molar-refractivity contribution in [2.45, 2.75) is 26.7 Å². The molecule has 1 heterocycles. The summed E-state index contributed by atoms with van der Waals surface area (Å²) in [6.45, 7) is 6.30. The summed E-state index contributed by atoms with van der Waals surface area (Å²) >= 11 is 0. The van der Waals surface area contributed by atoms with Gasteiger partial charge in [0.1, 0.15) is 0 Å². The molecule has 0 atom stereocenters. The van der Waals surface area contributed by atoms with E-state index in [1.807, 2.05) is 36.4 Å². The normalized spacial score (nSPS) is 14.2. The molecule has 1 N–H and O–H groups in total. The zero-order valence-electron chi connectivity index (χ0n) is 13.2. The Morgan fingerprint density at radius 3 is 2.50 bits per heavy atom. The van der Waals surface area contributed by atoms with Crippen LogP contribution in [0.15, 0.2) is 42.5 Å². The smallest absolute Gasteiger partial charge is 0.255 e. The van der Waals surface area contributed by atoms with Crippen molar-refractivity contribution in [2.24, 2.45) is 0 Å². The summed E-state index contributed by atoms with van der Waals surface area (Å²) in [5, 5.41) is 2.99. The van der Waals surface area contributed by atoms with Gasteiger partial charge in [-0.25, -0.2) is 0 Å². The molecule has 0 radical (unpaired) electrons. The van der Waals surface area contributed by atoms with Crippen LogP contribution in [0.3, 0.4) is 0 Å². The third-order valence-corrected chi connectivity index (χ3v) is 4.34. The highest BCUT2D eigenvalue weighted by atomic mass is 16.1. The summed E-state index contributed by atoms with van der Waals surface area (Å²) in [5.74, 6) is -0.0516. The first-order valence-corrected chi connectivity index (χ1v) is 7.87. The van der Waals surface area contributed by atoms with E-state index < -0.39 is 0 Å². The monoisotopic (exact) mass is 294 g/mol. The molecule has 2 aromatic carbocycles. The van der Waals surface area contributed by atoms with Crippen molar-refractivity contribution >= 4 is 17.3 Å². The lowest BCUT2D eigenvalue weighted by Gasteiger charge is -2.18. The minimum absolute atomic E-state index is 0.0516. The SMILES string of the molecule is Cc1ccc(NC(=O)c2cccc(N3CCCC3)c2)cc1C. The van der Waals surface area contributed by atoms with Crippen LogP contribution in [0.25, 0.3) is 0 Å². The van der Waals surface area contributed by atoms with Crippen LogP contribution < -0.4 is 10.2 Å². The number of anilines is 2. The van der Waals surface area contributed by atoms with Gasteiger partial charge in [-0.2, -0.15) is 0 Å². The average Bonchev–Trinajstić information content (AvgIpc) is 3.05. The molecule has 1 fully saturated rings. The van der Waals surface area contributed by atoms with E-state index in [0.29, 0.717) is 5.56 Å². The molecule has 114 valence electrons. The molecule has 3 nitrogen and oxygen atoms in total. The summed E-state index contributed by atoms with van der Waals surface area (Å²) in [6, 6.07) is 13.9. The Hall–Kier alpha value is -2.29. The van der Waals surface area contributed by atoms with Crippen LogP contribution in [0.5, 0.6) is 0 Å². The summed E-state index contributed by atoms with van der Waals surface area (Å²) in [7, 11) is 0. The number of nitrogens with one attached hydrogen (secondary N) is 1. The fraction of sp³-hybridized carbons (Fsp3) is 0.316. The molecule has 2 aromatic rings. The Kier molecular flexibility index (Phi) is 4.14.